The van der Waals surface area contributed by atoms with Crippen LogP contribution in [0.5, 0.6) is 0 Å². The van der Waals surface area contributed by atoms with Crippen molar-refractivity contribution in [1.82, 2.24) is 0 Å². The van der Waals surface area contributed by atoms with Crippen molar-refractivity contribution in [2.45, 2.75) is 11.8 Å². The lowest BCUT2D eigenvalue weighted by molar-refractivity contribution is -0.114. The second kappa shape index (κ2) is 6.96. The third kappa shape index (κ3) is 4.00. The van der Waals surface area contributed by atoms with Crippen molar-refractivity contribution in [2.24, 2.45) is 0 Å². The molecule has 3 heteroatoms. The zero-order valence-electron chi connectivity index (χ0n) is 11.6. The van der Waals surface area contributed by atoms with Gasteiger partial charge in [0.25, 0.3) is 0 Å². The van der Waals surface area contributed by atoms with E-state index in [2.05, 4.69) is 35.7 Å². The molecule has 0 aliphatic carbocycles. The van der Waals surface area contributed by atoms with Crippen molar-refractivity contribution >= 4 is 35.5 Å². The summed E-state index contributed by atoms with van der Waals surface area (Å²) in [5.74, 6) is -0.0483. The molecule has 2 rings (SSSR count). The van der Waals surface area contributed by atoms with Gasteiger partial charge in [0.05, 0.1) is 5.69 Å². The van der Waals surface area contributed by atoms with Crippen LogP contribution in [0.4, 0.5) is 5.69 Å². The molecule has 1 amide bonds. The van der Waals surface area contributed by atoms with Gasteiger partial charge in [-0.3, -0.25) is 4.79 Å². The van der Waals surface area contributed by atoms with E-state index in [4.69, 9.17) is 0 Å². The minimum Gasteiger partial charge on any atom is -0.325 e. The molecule has 0 radical (unpaired) electrons. The van der Waals surface area contributed by atoms with Crippen LogP contribution < -0.4 is 5.32 Å². The number of nitrogens with one attached hydrogen (secondary N) is 1. The summed E-state index contributed by atoms with van der Waals surface area (Å²) in [5.41, 5.74) is 3.15. The van der Waals surface area contributed by atoms with Crippen LogP contribution in [0.15, 0.2) is 53.4 Å². The van der Waals surface area contributed by atoms with Crippen LogP contribution in [0.1, 0.15) is 18.1 Å². The summed E-state index contributed by atoms with van der Waals surface area (Å²) < 4.78 is 0. The molecule has 102 valence electrons. The molecule has 0 saturated heterocycles. The number of amides is 1. The lowest BCUT2D eigenvalue weighted by Crippen LogP contribution is -2.06. The maximum Gasteiger partial charge on any atom is 0.221 e. The molecule has 2 aromatic carbocycles. The molecule has 20 heavy (non-hydrogen) atoms. The van der Waals surface area contributed by atoms with E-state index in [9.17, 15) is 4.79 Å². The van der Waals surface area contributed by atoms with Crippen LogP contribution in [0.3, 0.4) is 0 Å². The molecule has 0 saturated carbocycles. The summed E-state index contributed by atoms with van der Waals surface area (Å²) in [6.07, 6.45) is 6.16. The van der Waals surface area contributed by atoms with Gasteiger partial charge < -0.3 is 5.32 Å². The second-order valence-electron chi connectivity index (χ2n) is 4.38. The predicted molar refractivity (Wildman–Crippen MR) is 87.9 cm³/mol. The molecule has 0 heterocycles. The zero-order chi connectivity index (χ0) is 14.4. The topological polar surface area (TPSA) is 29.1 Å². The van der Waals surface area contributed by atoms with Crippen molar-refractivity contribution in [2.75, 3.05) is 11.6 Å². The smallest absolute Gasteiger partial charge is 0.221 e. The van der Waals surface area contributed by atoms with Crippen LogP contribution in [0, 0.1) is 0 Å². The third-order valence-electron chi connectivity index (χ3n) is 2.80. The van der Waals surface area contributed by atoms with Gasteiger partial charge >= 0.3 is 0 Å². The van der Waals surface area contributed by atoms with E-state index in [0.717, 1.165) is 16.1 Å². The van der Waals surface area contributed by atoms with Gasteiger partial charge in [-0.05, 0) is 29.5 Å². The maximum absolute atomic E-state index is 11.1. The molecular weight excluding hydrogens is 266 g/mol. The number of carbonyl (C=O) groups excluding carboxylic acids is 1. The summed E-state index contributed by atoms with van der Waals surface area (Å²) in [6, 6.07) is 16.2. The molecule has 0 atom stereocenters. The molecule has 0 aromatic heterocycles. The first-order valence-corrected chi connectivity index (χ1v) is 7.60. The molecule has 0 spiro atoms. The van der Waals surface area contributed by atoms with Gasteiger partial charge in [-0.1, -0.05) is 48.6 Å². The molecule has 0 bridgehead atoms. The first-order valence-electron chi connectivity index (χ1n) is 6.38. The van der Waals surface area contributed by atoms with Crippen LogP contribution in [-0.4, -0.2) is 12.2 Å². The van der Waals surface area contributed by atoms with E-state index in [1.54, 1.807) is 11.8 Å². The summed E-state index contributed by atoms with van der Waals surface area (Å²) in [5, 5.41) is 2.84. The van der Waals surface area contributed by atoms with Gasteiger partial charge in [0.1, 0.15) is 0 Å². The standard InChI is InChI=1S/C17H17NOS/c1-13(19)18-16-11-10-15(12-17(16)20-2)9-8-14-6-4-3-5-7-14/h3-12H,1-2H3,(H,18,19). The molecule has 2 nitrogen and oxygen atoms in total. The van der Waals surface area contributed by atoms with Crippen molar-refractivity contribution in [3.63, 3.8) is 0 Å². The fraction of sp³-hybridized carbons (Fsp3) is 0.118. The van der Waals surface area contributed by atoms with Crippen molar-refractivity contribution in [3.05, 3.63) is 59.7 Å². The summed E-state index contributed by atoms with van der Waals surface area (Å²) in [6.45, 7) is 1.52. The highest BCUT2D eigenvalue weighted by molar-refractivity contribution is 7.98. The quantitative estimate of drug-likeness (QED) is 0.659. The number of benzene rings is 2. The van der Waals surface area contributed by atoms with E-state index in [1.165, 1.54) is 12.5 Å². The van der Waals surface area contributed by atoms with Gasteiger partial charge in [0, 0.05) is 11.8 Å². The fourth-order valence-electron chi connectivity index (χ4n) is 1.86. The Labute approximate surface area is 123 Å². The van der Waals surface area contributed by atoms with E-state index in [-0.39, 0.29) is 5.91 Å². The Morgan fingerprint density at radius 3 is 2.40 bits per heavy atom. The number of rotatable bonds is 4. The Morgan fingerprint density at radius 1 is 1.05 bits per heavy atom. The van der Waals surface area contributed by atoms with Crippen LogP contribution in [-0.2, 0) is 4.79 Å². The number of hydrogen-bond donors (Lipinski definition) is 1. The highest BCUT2D eigenvalue weighted by Crippen LogP contribution is 2.27. The van der Waals surface area contributed by atoms with E-state index >= 15 is 0 Å². The third-order valence-corrected chi connectivity index (χ3v) is 3.58. The zero-order valence-corrected chi connectivity index (χ0v) is 12.4. The average molecular weight is 283 g/mol. The molecule has 1 N–H and O–H groups in total. The molecular formula is C17H17NOS. The normalized spacial score (nSPS) is 10.7. The minimum atomic E-state index is -0.0483. The first-order chi connectivity index (χ1) is 9.69. The van der Waals surface area contributed by atoms with Crippen molar-refractivity contribution < 1.29 is 4.79 Å². The Balaban J connectivity index is 2.21. The Kier molecular flexibility index (Phi) is 5.02. The lowest BCUT2D eigenvalue weighted by atomic mass is 10.1. The van der Waals surface area contributed by atoms with Gasteiger partial charge in [-0.15, -0.1) is 11.8 Å². The van der Waals surface area contributed by atoms with Gasteiger partial charge in [-0.25, -0.2) is 0 Å². The number of carbonyl (C=O) groups is 1. The number of thioether (sulfide) groups is 1. The van der Waals surface area contributed by atoms with E-state index < -0.39 is 0 Å². The van der Waals surface area contributed by atoms with Crippen LogP contribution in [0.2, 0.25) is 0 Å². The Hall–Kier alpha value is -2.00. The number of hydrogen-bond acceptors (Lipinski definition) is 2. The largest absolute Gasteiger partial charge is 0.325 e. The summed E-state index contributed by atoms with van der Waals surface area (Å²) >= 11 is 1.62. The summed E-state index contributed by atoms with van der Waals surface area (Å²) in [4.78, 5) is 12.2. The van der Waals surface area contributed by atoms with Crippen LogP contribution >= 0.6 is 11.8 Å². The van der Waals surface area contributed by atoms with Gasteiger partial charge in [0.2, 0.25) is 5.91 Å². The highest BCUT2D eigenvalue weighted by Gasteiger charge is 2.03. The molecule has 0 fully saturated rings. The molecule has 0 aliphatic heterocycles. The first kappa shape index (κ1) is 14.4. The van der Waals surface area contributed by atoms with Crippen LogP contribution in [0.25, 0.3) is 12.2 Å². The Bertz CT molecular complexity index is 620. The SMILES string of the molecule is CSc1cc(C=Cc2ccccc2)ccc1NC(C)=O. The highest BCUT2D eigenvalue weighted by atomic mass is 32.2. The van der Waals surface area contributed by atoms with Crippen molar-refractivity contribution in [1.29, 1.82) is 0 Å². The van der Waals surface area contributed by atoms with E-state index in [1.807, 2.05) is 36.6 Å². The predicted octanol–water partition coefficient (Wildman–Crippen LogP) is 4.54. The minimum absolute atomic E-state index is 0.0483. The average Bonchev–Trinajstić information content (AvgIpc) is 2.46. The molecule has 0 unspecified atom stereocenters. The second-order valence-corrected chi connectivity index (χ2v) is 5.23. The van der Waals surface area contributed by atoms with Crippen molar-refractivity contribution in [3.8, 4) is 0 Å². The lowest BCUT2D eigenvalue weighted by Gasteiger charge is -2.08. The Morgan fingerprint density at radius 2 is 1.75 bits per heavy atom. The van der Waals surface area contributed by atoms with E-state index in [0.29, 0.717) is 0 Å². The molecule has 0 aliphatic rings. The van der Waals surface area contributed by atoms with Gasteiger partial charge in [0.15, 0.2) is 0 Å². The molecule has 2 aromatic rings. The summed E-state index contributed by atoms with van der Waals surface area (Å²) in [7, 11) is 0. The monoisotopic (exact) mass is 283 g/mol. The maximum atomic E-state index is 11.1. The van der Waals surface area contributed by atoms with Gasteiger partial charge in [-0.2, -0.15) is 0 Å². The number of anilines is 1. The fourth-order valence-corrected chi connectivity index (χ4v) is 2.45.